The smallest absolute Gasteiger partial charge is 0.305 e. The lowest BCUT2D eigenvalue weighted by Gasteiger charge is -2.14. The first-order valence-corrected chi connectivity index (χ1v) is 7.21. The van der Waals surface area contributed by atoms with Crippen molar-refractivity contribution in [3.8, 4) is 0 Å². The maximum atomic E-state index is 12.4. The van der Waals surface area contributed by atoms with Crippen molar-refractivity contribution in [3.63, 3.8) is 0 Å². The van der Waals surface area contributed by atoms with Gasteiger partial charge in [0.1, 0.15) is 0 Å². The predicted molar refractivity (Wildman–Crippen MR) is 81.4 cm³/mol. The molecule has 0 aliphatic carbocycles. The molecule has 0 spiro atoms. The molecule has 0 saturated carbocycles. The van der Waals surface area contributed by atoms with Gasteiger partial charge in [0.2, 0.25) is 0 Å². The Morgan fingerprint density at radius 2 is 2.05 bits per heavy atom. The molecule has 1 aromatic carbocycles. The minimum absolute atomic E-state index is 0.126. The van der Waals surface area contributed by atoms with Crippen LogP contribution in [0.5, 0.6) is 0 Å². The minimum Gasteiger partial charge on any atom is -0.466 e. The summed E-state index contributed by atoms with van der Waals surface area (Å²) >= 11 is 5.84. The highest BCUT2D eigenvalue weighted by Crippen LogP contribution is 2.27. The molecule has 112 valence electrons. The molecule has 1 amide bonds. The van der Waals surface area contributed by atoms with E-state index in [1.54, 1.807) is 38.1 Å². The van der Waals surface area contributed by atoms with Gasteiger partial charge in [0, 0.05) is 17.2 Å². The van der Waals surface area contributed by atoms with Crippen molar-refractivity contribution in [1.29, 1.82) is 0 Å². The van der Waals surface area contributed by atoms with Crippen molar-refractivity contribution in [1.82, 2.24) is 0 Å². The molecular formula is C15H17ClN2O3. The molecule has 0 radical (unpaired) electrons. The third-order valence-corrected chi connectivity index (χ3v) is 3.53. The van der Waals surface area contributed by atoms with Gasteiger partial charge in [-0.3, -0.25) is 9.59 Å². The summed E-state index contributed by atoms with van der Waals surface area (Å²) in [5.41, 5.74) is 1.38. The zero-order valence-corrected chi connectivity index (χ0v) is 12.8. The Labute approximate surface area is 128 Å². The highest BCUT2D eigenvalue weighted by atomic mass is 35.5. The quantitative estimate of drug-likeness (QED) is 0.786. The summed E-state index contributed by atoms with van der Waals surface area (Å²) in [5.74, 6) is -0.785. The van der Waals surface area contributed by atoms with Crippen LogP contribution >= 0.6 is 11.6 Å². The number of carbonyl (C=O) groups is 2. The molecule has 5 nitrogen and oxygen atoms in total. The van der Waals surface area contributed by atoms with Crippen molar-refractivity contribution in [2.45, 2.75) is 26.7 Å². The summed E-state index contributed by atoms with van der Waals surface area (Å²) < 4.78 is 4.88. The number of esters is 1. The van der Waals surface area contributed by atoms with Crippen LogP contribution in [0.25, 0.3) is 0 Å². The number of halogens is 1. The van der Waals surface area contributed by atoms with Crippen LogP contribution in [0.1, 0.15) is 26.7 Å². The number of hydrazone groups is 1. The number of hydrogen-bond acceptors (Lipinski definition) is 4. The van der Waals surface area contributed by atoms with Gasteiger partial charge in [-0.05, 0) is 44.5 Å². The molecule has 0 aromatic heterocycles. The van der Waals surface area contributed by atoms with Gasteiger partial charge in [-0.1, -0.05) is 11.6 Å². The van der Waals surface area contributed by atoms with E-state index in [0.29, 0.717) is 29.4 Å². The number of rotatable bonds is 5. The van der Waals surface area contributed by atoms with Crippen molar-refractivity contribution in [3.05, 3.63) is 29.3 Å². The van der Waals surface area contributed by atoms with E-state index in [9.17, 15) is 9.59 Å². The average molecular weight is 309 g/mol. The standard InChI is InChI=1S/C15H17ClN2O3/c1-3-21-14(19)9-8-13-10(2)17-18(15(13)20)12-6-4-11(16)5-7-12/h4-7,13H,3,8-9H2,1-2H3. The molecule has 2 rings (SSSR count). The van der Waals surface area contributed by atoms with E-state index in [1.165, 1.54) is 5.01 Å². The highest BCUT2D eigenvalue weighted by molar-refractivity contribution is 6.30. The first-order valence-electron chi connectivity index (χ1n) is 6.83. The monoisotopic (exact) mass is 308 g/mol. The number of amides is 1. The van der Waals surface area contributed by atoms with Crippen molar-refractivity contribution in [2.75, 3.05) is 11.6 Å². The molecule has 1 unspecified atom stereocenters. The first-order chi connectivity index (χ1) is 10.0. The van der Waals surface area contributed by atoms with Crippen molar-refractivity contribution in [2.24, 2.45) is 11.0 Å². The van der Waals surface area contributed by atoms with Gasteiger partial charge in [-0.2, -0.15) is 5.10 Å². The molecule has 1 aromatic rings. The summed E-state index contributed by atoms with van der Waals surface area (Å²) in [6, 6.07) is 6.90. The van der Waals surface area contributed by atoms with E-state index in [2.05, 4.69) is 5.10 Å². The van der Waals surface area contributed by atoms with E-state index in [0.717, 1.165) is 0 Å². The summed E-state index contributed by atoms with van der Waals surface area (Å²) in [7, 11) is 0. The van der Waals surface area contributed by atoms with Crippen LogP contribution in [0.3, 0.4) is 0 Å². The van der Waals surface area contributed by atoms with Gasteiger partial charge in [0.05, 0.1) is 18.2 Å². The normalized spacial score (nSPS) is 17.9. The summed E-state index contributed by atoms with van der Waals surface area (Å²) in [4.78, 5) is 23.8. The number of nitrogens with zero attached hydrogens (tertiary/aromatic N) is 2. The fraction of sp³-hybridized carbons (Fsp3) is 0.400. The van der Waals surface area contributed by atoms with Gasteiger partial charge in [-0.15, -0.1) is 0 Å². The number of ether oxygens (including phenoxy) is 1. The molecule has 0 bridgehead atoms. The second-order valence-corrected chi connectivity index (χ2v) is 5.20. The number of anilines is 1. The fourth-order valence-electron chi connectivity index (χ4n) is 2.20. The Hall–Kier alpha value is -1.88. The molecule has 1 heterocycles. The maximum Gasteiger partial charge on any atom is 0.305 e. The second kappa shape index (κ2) is 6.72. The SMILES string of the molecule is CCOC(=O)CCC1C(=O)N(c2ccc(Cl)cc2)N=C1C. The number of hydrogen-bond donors (Lipinski definition) is 0. The third-order valence-electron chi connectivity index (χ3n) is 3.28. The van der Waals surface area contributed by atoms with Gasteiger partial charge >= 0.3 is 5.97 Å². The molecule has 0 saturated heterocycles. The van der Waals surface area contributed by atoms with Crippen LogP contribution in [-0.4, -0.2) is 24.2 Å². The molecule has 1 aliphatic heterocycles. The number of benzene rings is 1. The summed E-state index contributed by atoms with van der Waals surface area (Å²) in [6.07, 6.45) is 0.628. The first kappa shape index (κ1) is 15.5. The van der Waals surface area contributed by atoms with Crippen LogP contribution < -0.4 is 5.01 Å². The zero-order valence-electron chi connectivity index (χ0n) is 12.0. The Morgan fingerprint density at radius 1 is 1.38 bits per heavy atom. The largest absolute Gasteiger partial charge is 0.466 e. The lowest BCUT2D eigenvalue weighted by atomic mass is 9.98. The Morgan fingerprint density at radius 3 is 2.67 bits per heavy atom. The molecule has 1 aliphatic rings. The van der Waals surface area contributed by atoms with Crippen LogP contribution in [0, 0.1) is 5.92 Å². The van der Waals surface area contributed by atoms with Crippen molar-refractivity contribution < 1.29 is 14.3 Å². The molecule has 0 fully saturated rings. The Balaban J connectivity index is 2.04. The van der Waals surface area contributed by atoms with Crippen molar-refractivity contribution >= 4 is 34.9 Å². The Bertz CT molecular complexity index is 569. The fourth-order valence-corrected chi connectivity index (χ4v) is 2.32. The summed E-state index contributed by atoms with van der Waals surface area (Å²) in [5, 5.41) is 6.24. The van der Waals surface area contributed by atoms with E-state index in [-0.39, 0.29) is 24.2 Å². The van der Waals surface area contributed by atoms with Crippen LogP contribution in [-0.2, 0) is 14.3 Å². The topological polar surface area (TPSA) is 59.0 Å². The van der Waals surface area contributed by atoms with Crippen LogP contribution in [0.4, 0.5) is 5.69 Å². The van der Waals surface area contributed by atoms with Gasteiger partial charge in [0.15, 0.2) is 0 Å². The van der Waals surface area contributed by atoms with Gasteiger partial charge < -0.3 is 4.74 Å². The predicted octanol–water partition coefficient (Wildman–Crippen LogP) is 3.02. The second-order valence-electron chi connectivity index (χ2n) is 4.76. The number of carbonyl (C=O) groups excluding carboxylic acids is 2. The lowest BCUT2D eigenvalue weighted by molar-refractivity contribution is -0.143. The highest BCUT2D eigenvalue weighted by Gasteiger charge is 2.34. The maximum absolute atomic E-state index is 12.4. The van der Waals surface area contributed by atoms with E-state index in [4.69, 9.17) is 16.3 Å². The molecule has 0 N–H and O–H groups in total. The summed E-state index contributed by atoms with van der Waals surface area (Å²) in [6.45, 7) is 3.90. The lowest BCUT2D eigenvalue weighted by Crippen LogP contribution is -2.27. The van der Waals surface area contributed by atoms with Gasteiger partial charge in [0.25, 0.3) is 5.91 Å². The van der Waals surface area contributed by atoms with Crippen LogP contribution in [0.15, 0.2) is 29.4 Å². The average Bonchev–Trinajstić information content (AvgIpc) is 2.73. The Kier molecular flexibility index (Phi) is 4.96. The molecule has 21 heavy (non-hydrogen) atoms. The third kappa shape index (κ3) is 3.61. The zero-order chi connectivity index (χ0) is 15.4. The van der Waals surface area contributed by atoms with Crippen LogP contribution in [0.2, 0.25) is 5.02 Å². The minimum atomic E-state index is -0.370. The molecule has 1 atom stereocenters. The van der Waals surface area contributed by atoms with Gasteiger partial charge in [-0.25, -0.2) is 5.01 Å². The molecular weight excluding hydrogens is 292 g/mol. The van der Waals surface area contributed by atoms with E-state index < -0.39 is 0 Å². The van der Waals surface area contributed by atoms with E-state index in [1.807, 2.05) is 0 Å². The van der Waals surface area contributed by atoms with E-state index >= 15 is 0 Å². The molecule has 6 heteroatoms.